The van der Waals surface area contributed by atoms with E-state index in [1.165, 1.54) is 3.57 Å². The molecule has 2 aromatic carbocycles. The van der Waals surface area contributed by atoms with E-state index in [1.54, 1.807) is 0 Å². The lowest BCUT2D eigenvalue weighted by atomic mass is 10.3. The highest BCUT2D eigenvalue weighted by Gasteiger charge is 1.98. The second-order valence-corrected chi connectivity index (χ2v) is 5.54. The van der Waals surface area contributed by atoms with Crippen LogP contribution in [-0.4, -0.2) is 0 Å². The fraction of sp³-hybridized carbons (Fsp3) is 0. The molecule has 0 amide bonds. The van der Waals surface area contributed by atoms with Crippen molar-refractivity contribution < 1.29 is 0 Å². The fourth-order valence-corrected chi connectivity index (χ4v) is 2.88. The first-order chi connectivity index (χ1) is 7.75. The summed E-state index contributed by atoms with van der Waals surface area (Å²) in [4.78, 5) is 0. The van der Waals surface area contributed by atoms with Gasteiger partial charge in [0.2, 0.25) is 0 Å². The predicted molar refractivity (Wildman–Crippen MR) is 82.5 cm³/mol. The van der Waals surface area contributed by atoms with Crippen molar-refractivity contribution in [1.29, 1.82) is 0 Å². The SMILES string of the molecule is Ic1ccc(N=Nc2ccccc2)c(I)c1. The van der Waals surface area contributed by atoms with Crippen LogP contribution < -0.4 is 0 Å². The number of hydrogen-bond acceptors (Lipinski definition) is 2. The molecule has 0 unspecified atom stereocenters. The van der Waals surface area contributed by atoms with E-state index in [2.05, 4.69) is 61.5 Å². The van der Waals surface area contributed by atoms with E-state index in [9.17, 15) is 0 Å². The normalized spacial score (nSPS) is 10.9. The summed E-state index contributed by atoms with van der Waals surface area (Å²) in [6, 6.07) is 15.8. The van der Waals surface area contributed by atoms with Gasteiger partial charge < -0.3 is 0 Å². The third-order valence-electron chi connectivity index (χ3n) is 1.94. The molecule has 2 aromatic rings. The Labute approximate surface area is 121 Å². The maximum absolute atomic E-state index is 4.23. The largest absolute Gasteiger partial charge is 0.151 e. The van der Waals surface area contributed by atoms with E-state index in [4.69, 9.17) is 0 Å². The summed E-state index contributed by atoms with van der Waals surface area (Å²) in [5, 5.41) is 8.42. The molecule has 0 N–H and O–H groups in total. The third-order valence-corrected chi connectivity index (χ3v) is 3.47. The van der Waals surface area contributed by atoms with Gasteiger partial charge in [-0.25, -0.2) is 0 Å². The van der Waals surface area contributed by atoms with Gasteiger partial charge in [0, 0.05) is 7.14 Å². The maximum Gasteiger partial charge on any atom is 0.0991 e. The number of halogens is 2. The van der Waals surface area contributed by atoms with Gasteiger partial charge in [0.25, 0.3) is 0 Å². The molecule has 0 aliphatic carbocycles. The van der Waals surface area contributed by atoms with Crippen LogP contribution >= 0.6 is 45.2 Å². The van der Waals surface area contributed by atoms with E-state index in [0.717, 1.165) is 14.9 Å². The van der Waals surface area contributed by atoms with Gasteiger partial charge in [0.05, 0.1) is 11.4 Å². The van der Waals surface area contributed by atoms with Gasteiger partial charge in [-0.2, -0.15) is 5.11 Å². The van der Waals surface area contributed by atoms with E-state index in [-0.39, 0.29) is 0 Å². The van der Waals surface area contributed by atoms with Crippen molar-refractivity contribution in [2.75, 3.05) is 0 Å². The molecule has 0 aliphatic rings. The molecule has 0 aromatic heterocycles. The van der Waals surface area contributed by atoms with Crippen LogP contribution in [0.5, 0.6) is 0 Å². The molecule has 0 saturated heterocycles. The van der Waals surface area contributed by atoms with E-state index in [0.29, 0.717) is 0 Å². The molecule has 0 saturated carbocycles. The minimum Gasteiger partial charge on any atom is -0.151 e. The summed E-state index contributed by atoms with van der Waals surface area (Å²) in [6.07, 6.45) is 0. The zero-order chi connectivity index (χ0) is 11.4. The predicted octanol–water partition coefficient (Wildman–Crippen LogP) is 5.31. The van der Waals surface area contributed by atoms with Crippen molar-refractivity contribution in [3.8, 4) is 0 Å². The van der Waals surface area contributed by atoms with Crippen molar-refractivity contribution >= 4 is 56.6 Å². The lowest BCUT2D eigenvalue weighted by Crippen LogP contribution is -1.75. The maximum atomic E-state index is 4.23. The molecule has 80 valence electrons. The average molecular weight is 434 g/mol. The Morgan fingerprint density at radius 1 is 0.812 bits per heavy atom. The molecule has 0 radical (unpaired) electrons. The second-order valence-electron chi connectivity index (χ2n) is 3.13. The van der Waals surface area contributed by atoms with Crippen LogP contribution in [0, 0.1) is 7.14 Å². The van der Waals surface area contributed by atoms with E-state index in [1.807, 2.05) is 42.5 Å². The number of azo groups is 1. The van der Waals surface area contributed by atoms with Crippen LogP contribution in [0.3, 0.4) is 0 Å². The van der Waals surface area contributed by atoms with Crippen LogP contribution in [0.2, 0.25) is 0 Å². The number of benzene rings is 2. The zero-order valence-corrected chi connectivity index (χ0v) is 12.6. The summed E-state index contributed by atoms with van der Waals surface area (Å²) in [6.45, 7) is 0. The Hall–Kier alpha value is -0.500. The van der Waals surface area contributed by atoms with Crippen LogP contribution in [0.1, 0.15) is 0 Å². The van der Waals surface area contributed by atoms with Crippen LogP contribution in [0.15, 0.2) is 58.8 Å². The van der Waals surface area contributed by atoms with Gasteiger partial charge in [-0.15, -0.1) is 5.11 Å². The summed E-state index contributed by atoms with van der Waals surface area (Å²) < 4.78 is 2.32. The first kappa shape index (κ1) is 12.0. The highest BCUT2D eigenvalue weighted by atomic mass is 127. The molecular weight excluding hydrogens is 426 g/mol. The molecule has 0 fully saturated rings. The standard InChI is InChI=1S/C12H8I2N2/c13-9-6-7-12(11(14)8-9)16-15-10-4-2-1-3-5-10/h1-8H. The van der Waals surface area contributed by atoms with Crippen molar-refractivity contribution in [1.82, 2.24) is 0 Å². The van der Waals surface area contributed by atoms with Gasteiger partial charge in [0.1, 0.15) is 0 Å². The Morgan fingerprint density at radius 3 is 2.25 bits per heavy atom. The number of hydrogen-bond donors (Lipinski definition) is 0. The first-order valence-electron chi connectivity index (χ1n) is 4.67. The molecule has 0 aliphatic heterocycles. The minimum absolute atomic E-state index is 0.872. The second kappa shape index (κ2) is 5.72. The topological polar surface area (TPSA) is 24.7 Å². The van der Waals surface area contributed by atoms with E-state index < -0.39 is 0 Å². The Kier molecular flexibility index (Phi) is 4.28. The molecule has 2 rings (SSSR count). The average Bonchev–Trinajstić information content (AvgIpc) is 2.29. The number of rotatable bonds is 2. The quantitative estimate of drug-likeness (QED) is 0.453. The monoisotopic (exact) mass is 434 g/mol. The van der Waals surface area contributed by atoms with Crippen LogP contribution in [-0.2, 0) is 0 Å². The van der Waals surface area contributed by atoms with Gasteiger partial charge in [-0.3, -0.25) is 0 Å². The molecule has 0 atom stereocenters. The smallest absolute Gasteiger partial charge is 0.0991 e. The Bertz CT molecular complexity index is 510. The minimum atomic E-state index is 0.872. The molecular formula is C12H8I2N2. The van der Waals surface area contributed by atoms with E-state index >= 15 is 0 Å². The molecule has 0 bridgehead atoms. The van der Waals surface area contributed by atoms with Crippen molar-refractivity contribution in [3.05, 3.63) is 55.7 Å². The number of nitrogens with zero attached hydrogens (tertiary/aromatic N) is 2. The van der Waals surface area contributed by atoms with Crippen molar-refractivity contribution in [3.63, 3.8) is 0 Å². The Morgan fingerprint density at radius 2 is 1.56 bits per heavy atom. The molecule has 16 heavy (non-hydrogen) atoms. The summed E-state index contributed by atoms with van der Waals surface area (Å²) in [5.41, 5.74) is 1.78. The van der Waals surface area contributed by atoms with Gasteiger partial charge in [-0.05, 0) is 75.5 Å². The molecule has 0 heterocycles. The lowest BCUT2D eigenvalue weighted by Gasteiger charge is -1.97. The molecule has 0 spiro atoms. The van der Waals surface area contributed by atoms with Gasteiger partial charge >= 0.3 is 0 Å². The van der Waals surface area contributed by atoms with Gasteiger partial charge in [-0.1, -0.05) is 18.2 Å². The summed E-state index contributed by atoms with van der Waals surface area (Å²) >= 11 is 4.56. The van der Waals surface area contributed by atoms with Gasteiger partial charge in [0.15, 0.2) is 0 Å². The third kappa shape index (κ3) is 3.24. The molecule has 4 heteroatoms. The Balaban J connectivity index is 2.24. The molecule has 2 nitrogen and oxygen atoms in total. The zero-order valence-electron chi connectivity index (χ0n) is 8.27. The first-order valence-corrected chi connectivity index (χ1v) is 6.83. The highest BCUT2D eigenvalue weighted by Crippen LogP contribution is 2.25. The summed E-state index contributed by atoms with van der Waals surface area (Å²) in [5.74, 6) is 0. The highest BCUT2D eigenvalue weighted by molar-refractivity contribution is 14.1. The van der Waals surface area contributed by atoms with Crippen molar-refractivity contribution in [2.24, 2.45) is 10.2 Å². The van der Waals surface area contributed by atoms with Crippen LogP contribution in [0.4, 0.5) is 11.4 Å². The fourth-order valence-electron chi connectivity index (χ4n) is 1.17. The van der Waals surface area contributed by atoms with Crippen molar-refractivity contribution in [2.45, 2.75) is 0 Å². The summed E-state index contributed by atoms with van der Waals surface area (Å²) in [7, 11) is 0. The van der Waals surface area contributed by atoms with Crippen LogP contribution in [0.25, 0.3) is 0 Å². The lowest BCUT2D eigenvalue weighted by molar-refractivity contribution is 1.22.